The van der Waals surface area contributed by atoms with Crippen LogP contribution in [0.3, 0.4) is 0 Å². The number of allylic oxidation sites excluding steroid dienone is 4. The Labute approximate surface area is 116 Å². The quantitative estimate of drug-likeness (QED) is 0.783. The topological polar surface area (TPSA) is 43.4 Å². The van der Waals surface area contributed by atoms with Gasteiger partial charge in [-0.2, -0.15) is 0 Å². The number of ketones is 2. The van der Waals surface area contributed by atoms with Crippen molar-refractivity contribution in [2.75, 3.05) is 7.11 Å². The molecule has 0 saturated carbocycles. The van der Waals surface area contributed by atoms with E-state index in [1.165, 1.54) is 18.2 Å². The Kier molecular flexibility index (Phi) is 2.95. The first-order valence-corrected chi connectivity index (χ1v) is 6.24. The second-order valence-corrected chi connectivity index (χ2v) is 4.55. The summed E-state index contributed by atoms with van der Waals surface area (Å²) >= 11 is 0. The summed E-state index contributed by atoms with van der Waals surface area (Å²) in [4.78, 5) is 23.5. The zero-order valence-corrected chi connectivity index (χ0v) is 10.9. The van der Waals surface area contributed by atoms with E-state index in [0.717, 1.165) is 22.1 Å². The lowest BCUT2D eigenvalue weighted by atomic mass is 9.92. The summed E-state index contributed by atoms with van der Waals surface area (Å²) < 4.78 is 5.20. The highest BCUT2D eigenvalue weighted by atomic mass is 16.5. The van der Waals surface area contributed by atoms with Crippen molar-refractivity contribution in [3.63, 3.8) is 0 Å². The number of ether oxygens (including phenoxy) is 1. The van der Waals surface area contributed by atoms with Crippen LogP contribution in [-0.4, -0.2) is 18.7 Å². The lowest BCUT2D eigenvalue weighted by Crippen LogP contribution is -2.06. The van der Waals surface area contributed by atoms with Gasteiger partial charge in [0.15, 0.2) is 11.6 Å². The van der Waals surface area contributed by atoms with Crippen molar-refractivity contribution in [2.45, 2.75) is 0 Å². The van der Waals surface area contributed by atoms with Crippen LogP contribution in [0.5, 0.6) is 5.75 Å². The molecule has 0 saturated heterocycles. The standard InChI is InChI=1S/C17H12O3/c1-20-13-6-7-14-11(9-13)3-2-4-15(14)16-10-12(18)5-8-17(16)19/h2-10H,1H3. The van der Waals surface area contributed by atoms with Crippen LogP contribution in [0.15, 0.2) is 54.6 Å². The Morgan fingerprint density at radius 3 is 2.65 bits per heavy atom. The van der Waals surface area contributed by atoms with Gasteiger partial charge in [0.05, 0.1) is 7.11 Å². The molecular weight excluding hydrogens is 252 g/mol. The Balaban J connectivity index is 2.22. The van der Waals surface area contributed by atoms with E-state index in [9.17, 15) is 9.59 Å². The molecule has 3 nitrogen and oxygen atoms in total. The van der Waals surface area contributed by atoms with Crippen molar-refractivity contribution in [1.82, 2.24) is 0 Å². The summed E-state index contributed by atoms with van der Waals surface area (Å²) in [5.74, 6) is 0.451. The van der Waals surface area contributed by atoms with Crippen LogP contribution in [-0.2, 0) is 9.59 Å². The Bertz CT molecular complexity index is 782. The monoisotopic (exact) mass is 264 g/mol. The maximum Gasteiger partial charge on any atom is 0.186 e. The highest BCUT2D eigenvalue weighted by Gasteiger charge is 2.17. The highest BCUT2D eigenvalue weighted by Crippen LogP contribution is 2.29. The predicted octanol–water partition coefficient (Wildman–Crippen LogP) is 2.94. The van der Waals surface area contributed by atoms with E-state index in [2.05, 4.69) is 0 Å². The van der Waals surface area contributed by atoms with Gasteiger partial charge in [0.2, 0.25) is 0 Å². The molecule has 0 bridgehead atoms. The van der Waals surface area contributed by atoms with Crippen molar-refractivity contribution >= 4 is 27.9 Å². The molecule has 0 aliphatic heterocycles. The summed E-state index contributed by atoms with van der Waals surface area (Å²) in [5.41, 5.74) is 1.21. The van der Waals surface area contributed by atoms with Crippen LogP contribution in [0, 0.1) is 0 Å². The molecule has 0 heterocycles. The molecule has 0 unspecified atom stereocenters. The third-order valence-electron chi connectivity index (χ3n) is 3.33. The van der Waals surface area contributed by atoms with Crippen molar-refractivity contribution in [1.29, 1.82) is 0 Å². The molecule has 0 aromatic heterocycles. The zero-order chi connectivity index (χ0) is 14.1. The van der Waals surface area contributed by atoms with Gasteiger partial charge in [-0.15, -0.1) is 0 Å². The van der Waals surface area contributed by atoms with Gasteiger partial charge in [-0.05, 0) is 46.7 Å². The summed E-state index contributed by atoms with van der Waals surface area (Å²) in [6, 6.07) is 11.3. The first kappa shape index (κ1) is 12.4. The Morgan fingerprint density at radius 2 is 1.85 bits per heavy atom. The molecule has 20 heavy (non-hydrogen) atoms. The van der Waals surface area contributed by atoms with Crippen LogP contribution >= 0.6 is 0 Å². The van der Waals surface area contributed by atoms with Crippen molar-refractivity contribution in [2.24, 2.45) is 0 Å². The third kappa shape index (κ3) is 2.03. The number of hydrogen-bond donors (Lipinski definition) is 0. The van der Waals surface area contributed by atoms with Gasteiger partial charge in [0.1, 0.15) is 5.75 Å². The normalized spacial score (nSPS) is 14.6. The van der Waals surface area contributed by atoms with Gasteiger partial charge < -0.3 is 4.74 Å². The molecule has 2 aromatic carbocycles. The minimum Gasteiger partial charge on any atom is -0.497 e. The van der Waals surface area contributed by atoms with Crippen LogP contribution in [0.25, 0.3) is 16.3 Å². The van der Waals surface area contributed by atoms with Gasteiger partial charge in [0, 0.05) is 5.57 Å². The molecule has 0 amide bonds. The smallest absolute Gasteiger partial charge is 0.186 e. The van der Waals surface area contributed by atoms with Crippen LogP contribution in [0.2, 0.25) is 0 Å². The van der Waals surface area contributed by atoms with E-state index < -0.39 is 0 Å². The number of carbonyl (C=O) groups is 2. The fourth-order valence-electron chi connectivity index (χ4n) is 2.34. The van der Waals surface area contributed by atoms with Gasteiger partial charge in [-0.25, -0.2) is 0 Å². The lowest BCUT2D eigenvalue weighted by molar-refractivity contribution is -0.113. The molecule has 0 N–H and O–H groups in total. The fraction of sp³-hybridized carbons (Fsp3) is 0.0588. The first-order valence-electron chi connectivity index (χ1n) is 6.24. The third-order valence-corrected chi connectivity index (χ3v) is 3.33. The highest BCUT2D eigenvalue weighted by molar-refractivity contribution is 6.35. The van der Waals surface area contributed by atoms with E-state index in [0.29, 0.717) is 5.57 Å². The molecule has 3 rings (SSSR count). The lowest BCUT2D eigenvalue weighted by Gasteiger charge is -2.11. The second kappa shape index (κ2) is 4.78. The van der Waals surface area contributed by atoms with E-state index in [1.54, 1.807) is 7.11 Å². The Hall–Kier alpha value is -2.68. The van der Waals surface area contributed by atoms with Crippen LogP contribution in [0.4, 0.5) is 0 Å². The van der Waals surface area contributed by atoms with E-state index in [1.807, 2.05) is 36.4 Å². The maximum atomic E-state index is 12.0. The van der Waals surface area contributed by atoms with Gasteiger partial charge in [-0.3, -0.25) is 9.59 Å². The average molecular weight is 264 g/mol. The molecule has 0 spiro atoms. The van der Waals surface area contributed by atoms with E-state index in [-0.39, 0.29) is 11.6 Å². The van der Waals surface area contributed by atoms with Crippen molar-refractivity contribution < 1.29 is 14.3 Å². The zero-order valence-electron chi connectivity index (χ0n) is 10.9. The molecule has 2 aromatic rings. The molecule has 0 radical (unpaired) electrons. The van der Waals surface area contributed by atoms with Crippen LogP contribution < -0.4 is 4.74 Å². The minimum absolute atomic E-state index is 0.145. The summed E-state index contributed by atoms with van der Waals surface area (Å²) in [6.45, 7) is 0. The first-order chi connectivity index (χ1) is 9.69. The van der Waals surface area contributed by atoms with Gasteiger partial charge in [0.25, 0.3) is 0 Å². The average Bonchev–Trinajstić information content (AvgIpc) is 2.48. The number of hydrogen-bond acceptors (Lipinski definition) is 3. The largest absolute Gasteiger partial charge is 0.497 e. The number of fused-ring (bicyclic) bond motifs is 1. The molecule has 98 valence electrons. The molecular formula is C17H12O3. The van der Waals surface area contributed by atoms with E-state index >= 15 is 0 Å². The molecule has 0 atom stereocenters. The van der Waals surface area contributed by atoms with Gasteiger partial charge in [-0.1, -0.05) is 24.3 Å². The number of benzene rings is 2. The molecule has 1 aliphatic carbocycles. The molecule has 3 heteroatoms. The fourth-order valence-corrected chi connectivity index (χ4v) is 2.34. The predicted molar refractivity (Wildman–Crippen MR) is 77.6 cm³/mol. The maximum absolute atomic E-state index is 12.0. The SMILES string of the molecule is COc1ccc2c(C3=CC(=O)C=CC3=O)cccc2c1. The minimum atomic E-state index is -0.162. The number of rotatable bonds is 2. The number of methoxy groups -OCH3 is 1. The Morgan fingerprint density at radius 1 is 1.00 bits per heavy atom. The summed E-state index contributed by atoms with van der Waals surface area (Å²) in [7, 11) is 1.61. The van der Waals surface area contributed by atoms with Crippen LogP contribution in [0.1, 0.15) is 5.56 Å². The molecule has 0 fully saturated rings. The van der Waals surface area contributed by atoms with E-state index in [4.69, 9.17) is 4.74 Å². The second-order valence-electron chi connectivity index (χ2n) is 4.55. The summed E-state index contributed by atoms with van der Waals surface area (Å²) in [6.07, 6.45) is 4.00. The summed E-state index contributed by atoms with van der Waals surface area (Å²) in [5, 5.41) is 1.90. The van der Waals surface area contributed by atoms with Crippen molar-refractivity contribution in [3.05, 3.63) is 60.2 Å². The molecule has 1 aliphatic rings. The van der Waals surface area contributed by atoms with Crippen molar-refractivity contribution in [3.8, 4) is 5.75 Å². The number of carbonyl (C=O) groups excluding carboxylic acids is 2. The van der Waals surface area contributed by atoms with Gasteiger partial charge >= 0.3 is 0 Å².